The van der Waals surface area contributed by atoms with Crippen LogP contribution in [0, 0.1) is 5.92 Å². The maximum absolute atomic E-state index is 12.2. The second-order valence-electron chi connectivity index (χ2n) is 6.81. The first kappa shape index (κ1) is 16.3. The number of rotatable bonds is 4. The molecule has 5 heteroatoms. The Hall–Kier alpha value is -1.59. The topological polar surface area (TPSA) is 55.8 Å². The lowest BCUT2D eigenvalue weighted by molar-refractivity contribution is 0.174. The van der Waals surface area contributed by atoms with Crippen molar-refractivity contribution >= 4 is 6.03 Å². The summed E-state index contributed by atoms with van der Waals surface area (Å²) in [6, 6.07) is 8.94. The summed E-state index contributed by atoms with van der Waals surface area (Å²) in [6.45, 7) is 6.45. The van der Waals surface area contributed by atoms with Crippen LogP contribution in [0.3, 0.4) is 0 Å². The molecule has 0 aliphatic carbocycles. The number of fused-ring (bicyclic) bond motifs is 1. The minimum atomic E-state index is 0.00482. The van der Waals surface area contributed by atoms with Crippen LogP contribution in [0.1, 0.15) is 24.5 Å². The van der Waals surface area contributed by atoms with E-state index in [9.17, 15) is 4.79 Å². The molecule has 23 heavy (non-hydrogen) atoms. The van der Waals surface area contributed by atoms with Gasteiger partial charge in [-0.2, -0.15) is 0 Å². The molecule has 2 unspecified atom stereocenters. The number of aliphatic hydroxyl groups is 1. The van der Waals surface area contributed by atoms with Gasteiger partial charge in [0, 0.05) is 51.3 Å². The fourth-order valence-corrected chi connectivity index (χ4v) is 3.54. The van der Waals surface area contributed by atoms with E-state index >= 15 is 0 Å². The van der Waals surface area contributed by atoms with Gasteiger partial charge in [0.05, 0.1) is 0 Å². The molecule has 2 aliphatic rings. The summed E-state index contributed by atoms with van der Waals surface area (Å²) >= 11 is 0. The normalized spacial score (nSPS) is 22.7. The molecule has 2 heterocycles. The van der Waals surface area contributed by atoms with E-state index in [1.807, 2.05) is 4.90 Å². The molecule has 2 amide bonds. The van der Waals surface area contributed by atoms with Crippen molar-refractivity contribution in [3.63, 3.8) is 0 Å². The predicted octanol–water partition coefficient (Wildman–Crippen LogP) is 1.46. The van der Waals surface area contributed by atoms with Crippen LogP contribution >= 0.6 is 0 Å². The van der Waals surface area contributed by atoms with Crippen LogP contribution in [0.25, 0.3) is 0 Å². The summed E-state index contributed by atoms with van der Waals surface area (Å²) < 4.78 is 0. The summed E-state index contributed by atoms with van der Waals surface area (Å²) in [7, 11) is 0. The number of nitrogens with one attached hydrogen (secondary N) is 1. The van der Waals surface area contributed by atoms with Crippen LogP contribution in [0.15, 0.2) is 24.3 Å². The highest BCUT2D eigenvalue weighted by Gasteiger charge is 2.26. The van der Waals surface area contributed by atoms with Crippen molar-refractivity contribution in [3.05, 3.63) is 35.4 Å². The van der Waals surface area contributed by atoms with E-state index in [2.05, 4.69) is 41.4 Å². The van der Waals surface area contributed by atoms with Gasteiger partial charge in [-0.05, 0) is 30.9 Å². The van der Waals surface area contributed by atoms with Gasteiger partial charge in [-0.25, -0.2) is 4.79 Å². The van der Waals surface area contributed by atoms with Gasteiger partial charge in [0.1, 0.15) is 0 Å². The van der Waals surface area contributed by atoms with Crippen molar-refractivity contribution in [3.8, 4) is 0 Å². The van der Waals surface area contributed by atoms with Gasteiger partial charge in [-0.15, -0.1) is 0 Å². The third-order valence-corrected chi connectivity index (χ3v) is 5.16. The standard InChI is InChI=1S/C18H27N3O2/c1-14(10-19-18(23)21-8-6-15(11-21)13-22)20-9-7-16-4-2-3-5-17(16)12-20/h2-5,14-15,22H,6-13H2,1H3,(H,19,23). The van der Waals surface area contributed by atoms with Gasteiger partial charge in [0.2, 0.25) is 0 Å². The fraction of sp³-hybridized carbons (Fsp3) is 0.611. The van der Waals surface area contributed by atoms with Gasteiger partial charge >= 0.3 is 6.03 Å². The molecule has 1 aromatic rings. The largest absolute Gasteiger partial charge is 0.396 e. The van der Waals surface area contributed by atoms with Crippen LogP contribution in [0.2, 0.25) is 0 Å². The van der Waals surface area contributed by atoms with Gasteiger partial charge in [0.25, 0.3) is 0 Å². The highest BCUT2D eigenvalue weighted by molar-refractivity contribution is 5.74. The van der Waals surface area contributed by atoms with Crippen LogP contribution < -0.4 is 5.32 Å². The lowest BCUT2D eigenvalue weighted by Gasteiger charge is -2.34. The Morgan fingerprint density at radius 2 is 2.13 bits per heavy atom. The number of urea groups is 1. The monoisotopic (exact) mass is 317 g/mol. The number of likely N-dealkylation sites (tertiary alicyclic amines) is 1. The van der Waals surface area contributed by atoms with Crippen molar-refractivity contribution in [2.24, 2.45) is 5.92 Å². The van der Waals surface area contributed by atoms with E-state index in [1.54, 1.807) is 0 Å². The maximum Gasteiger partial charge on any atom is 0.317 e. The molecule has 1 saturated heterocycles. The second-order valence-corrected chi connectivity index (χ2v) is 6.81. The summed E-state index contributed by atoms with van der Waals surface area (Å²) in [5.41, 5.74) is 2.86. The summed E-state index contributed by atoms with van der Waals surface area (Å²) in [4.78, 5) is 16.5. The van der Waals surface area contributed by atoms with E-state index in [4.69, 9.17) is 5.11 Å². The van der Waals surface area contributed by atoms with E-state index in [0.29, 0.717) is 19.1 Å². The van der Waals surface area contributed by atoms with Crippen LogP contribution in [0.4, 0.5) is 4.79 Å². The van der Waals surface area contributed by atoms with Crippen molar-refractivity contribution in [1.82, 2.24) is 15.1 Å². The smallest absolute Gasteiger partial charge is 0.317 e. The van der Waals surface area contributed by atoms with E-state index in [1.165, 1.54) is 11.1 Å². The quantitative estimate of drug-likeness (QED) is 0.884. The molecule has 2 N–H and O–H groups in total. The third-order valence-electron chi connectivity index (χ3n) is 5.16. The molecule has 0 saturated carbocycles. The predicted molar refractivity (Wildman–Crippen MR) is 90.2 cm³/mol. The first-order valence-electron chi connectivity index (χ1n) is 8.62. The zero-order chi connectivity index (χ0) is 16.2. The molecule has 126 valence electrons. The molecule has 0 bridgehead atoms. The molecule has 0 radical (unpaired) electrons. The highest BCUT2D eigenvalue weighted by atomic mass is 16.3. The number of hydrogen-bond acceptors (Lipinski definition) is 3. The van der Waals surface area contributed by atoms with E-state index in [0.717, 1.165) is 32.5 Å². The summed E-state index contributed by atoms with van der Waals surface area (Å²) in [5.74, 6) is 0.247. The Kier molecular flexibility index (Phi) is 5.18. The van der Waals surface area contributed by atoms with Crippen LogP contribution in [-0.4, -0.2) is 59.8 Å². The minimum absolute atomic E-state index is 0.00482. The Labute approximate surface area is 138 Å². The molecule has 2 aliphatic heterocycles. The molecule has 1 aromatic carbocycles. The molecule has 0 aromatic heterocycles. The Balaban J connectivity index is 1.47. The number of benzene rings is 1. The zero-order valence-corrected chi connectivity index (χ0v) is 13.9. The molecule has 2 atom stereocenters. The van der Waals surface area contributed by atoms with Crippen LogP contribution in [0.5, 0.6) is 0 Å². The summed E-state index contributed by atoms with van der Waals surface area (Å²) in [6.07, 6.45) is 1.99. The van der Waals surface area contributed by atoms with Crippen molar-refractivity contribution in [1.29, 1.82) is 0 Å². The Bertz CT molecular complexity index is 549. The first-order valence-corrected chi connectivity index (χ1v) is 8.62. The van der Waals surface area contributed by atoms with Gasteiger partial charge < -0.3 is 15.3 Å². The first-order chi connectivity index (χ1) is 11.2. The number of carbonyl (C=O) groups excluding carboxylic acids is 1. The number of carbonyl (C=O) groups is 1. The maximum atomic E-state index is 12.2. The Morgan fingerprint density at radius 3 is 2.87 bits per heavy atom. The van der Waals surface area contributed by atoms with Gasteiger partial charge in [-0.1, -0.05) is 24.3 Å². The fourth-order valence-electron chi connectivity index (χ4n) is 3.54. The Morgan fingerprint density at radius 1 is 1.35 bits per heavy atom. The van der Waals surface area contributed by atoms with Gasteiger partial charge in [-0.3, -0.25) is 4.90 Å². The molecule has 0 spiro atoms. The molecule has 5 nitrogen and oxygen atoms in total. The molecule has 3 rings (SSSR count). The number of hydrogen-bond donors (Lipinski definition) is 2. The van der Waals surface area contributed by atoms with Crippen molar-refractivity contribution < 1.29 is 9.90 Å². The number of amides is 2. The zero-order valence-electron chi connectivity index (χ0n) is 13.9. The lowest BCUT2D eigenvalue weighted by Crippen LogP contribution is -2.47. The van der Waals surface area contributed by atoms with Crippen LogP contribution in [-0.2, 0) is 13.0 Å². The number of aliphatic hydroxyl groups excluding tert-OH is 1. The number of nitrogens with zero attached hydrogens (tertiary/aromatic N) is 2. The van der Waals surface area contributed by atoms with E-state index < -0.39 is 0 Å². The average molecular weight is 317 g/mol. The highest BCUT2D eigenvalue weighted by Crippen LogP contribution is 2.20. The SMILES string of the molecule is CC(CNC(=O)N1CCC(CO)C1)N1CCc2ccccc2C1. The van der Waals surface area contributed by atoms with Gasteiger partial charge in [0.15, 0.2) is 0 Å². The minimum Gasteiger partial charge on any atom is -0.396 e. The van der Waals surface area contributed by atoms with Crippen molar-refractivity contribution in [2.75, 3.05) is 32.8 Å². The average Bonchev–Trinajstić information content (AvgIpc) is 3.08. The van der Waals surface area contributed by atoms with E-state index in [-0.39, 0.29) is 18.6 Å². The van der Waals surface area contributed by atoms with Crippen molar-refractivity contribution in [2.45, 2.75) is 32.4 Å². The lowest BCUT2D eigenvalue weighted by atomic mass is 9.99. The molecular formula is C18H27N3O2. The summed E-state index contributed by atoms with van der Waals surface area (Å²) in [5, 5.41) is 12.2. The third kappa shape index (κ3) is 3.85. The molecule has 1 fully saturated rings. The molecular weight excluding hydrogens is 290 g/mol. The second kappa shape index (κ2) is 7.32.